The van der Waals surface area contributed by atoms with Crippen LogP contribution in [0.2, 0.25) is 10.0 Å². The second-order valence-electron chi connectivity index (χ2n) is 5.28. The number of ether oxygens (including phenoxy) is 1. The molecule has 2 rings (SSSR count). The summed E-state index contributed by atoms with van der Waals surface area (Å²) >= 11 is 11.7. The van der Waals surface area contributed by atoms with Crippen LogP contribution >= 0.6 is 23.2 Å². The molecule has 0 spiro atoms. The van der Waals surface area contributed by atoms with Gasteiger partial charge in [-0.1, -0.05) is 29.3 Å². The molecule has 2 N–H and O–H groups in total. The molecule has 1 heterocycles. The largest absolute Gasteiger partial charge is 0.449 e. The first-order chi connectivity index (χ1) is 12.3. The Kier molecular flexibility index (Phi) is 6.54. The third-order valence-corrected chi connectivity index (χ3v) is 3.62. The summed E-state index contributed by atoms with van der Waals surface area (Å²) in [5, 5.41) is 5.50. The Balaban J connectivity index is 2.01. The van der Waals surface area contributed by atoms with E-state index in [1.807, 2.05) is 0 Å². The normalized spacial score (nSPS) is 11.4. The summed E-state index contributed by atoms with van der Waals surface area (Å²) in [6, 6.07) is 7.60. The van der Waals surface area contributed by atoms with Crippen molar-refractivity contribution in [2.24, 2.45) is 0 Å². The molecule has 0 fully saturated rings. The van der Waals surface area contributed by atoms with Crippen LogP contribution in [0.25, 0.3) is 0 Å². The molecular weight excluding hydrogens is 381 g/mol. The van der Waals surface area contributed by atoms with Gasteiger partial charge in [-0.15, -0.1) is 0 Å². The van der Waals surface area contributed by atoms with E-state index in [-0.39, 0.29) is 22.3 Å². The van der Waals surface area contributed by atoms with Gasteiger partial charge in [0.1, 0.15) is 0 Å². The van der Waals surface area contributed by atoms with Crippen LogP contribution in [0.1, 0.15) is 24.2 Å². The Labute approximate surface area is 159 Å². The van der Waals surface area contributed by atoms with Crippen LogP contribution in [0, 0.1) is 0 Å². The third kappa shape index (κ3) is 5.44. The van der Waals surface area contributed by atoms with Crippen LogP contribution in [0.5, 0.6) is 0 Å². The van der Waals surface area contributed by atoms with Crippen LogP contribution < -0.4 is 10.6 Å². The fourth-order valence-electron chi connectivity index (χ4n) is 1.93. The number of rotatable bonds is 5. The fourth-order valence-corrected chi connectivity index (χ4v) is 2.36. The lowest BCUT2D eigenvalue weighted by Gasteiger charge is -2.14. The molecule has 2 amide bonds. The minimum Gasteiger partial charge on any atom is -0.449 e. The predicted molar refractivity (Wildman–Crippen MR) is 98.5 cm³/mol. The molecule has 1 atom stereocenters. The van der Waals surface area contributed by atoms with Crippen LogP contribution in [0.15, 0.2) is 36.5 Å². The van der Waals surface area contributed by atoms with E-state index in [4.69, 9.17) is 27.9 Å². The summed E-state index contributed by atoms with van der Waals surface area (Å²) in [6.45, 7) is 2.77. The van der Waals surface area contributed by atoms with Crippen molar-refractivity contribution in [3.05, 3.63) is 52.1 Å². The minimum absolute atomic E-state index is 0.108. The average molecular weight is 396 g/mol. The molecule has 0 aliphatic rings. The van der Waals surface area contributed by atoms with Crippen molar-refractivity contribution in [3.8, 4) is 0 Å². The zero-order valence-electron chi connectivity index (χ0n) is 13.9. The average Bonchev–Trinajstić information content (AvgIpc) is 2.56. The van der Waals surface area contributed by atoms with Crippen molar-refractivity contribution < 1.29 is 19.1 Å². The highest BCUT2D eigenvalue weighted by molar-refractivity contribution is 6.36. The Morgan fingerprint density at radius 2 is 1.88 bits per heavy atom. The van der Waals surface area contributed by atoms with Crippen LogP contribution in [-0.2, 0) is 14.3 Å². The van der Waals surface area contributed by atoms with Crippen molar-refractivity contribution >= 4 is 52.5 Å². The van der Waals surface area contributed by atoms with E-state index in [1.54, 1.807) is 12.1 Å². The molecule has 0 saturated carbocycles. The summed E-state index contributed by atoms with van der Waals surface area (Å²) in [5.74, 6) is -1.48. The summed E-state index contributed by atoms with van der Waals surface area (Å²) < 4.78 is 5.13. The Hall–Kier alpha value is -2.64. The zero-order valence-corrected chi connectivity index (χ0v) is 15.4. The highest BCUT2D eigenvalue weighted by atomic mass is 35.5. The Bertz CT molecular complexity index is 858. The number of anilines is 2. The first-order valence-corrected chi connectivity index (χ1v) is 8.22. The lowest BCUT2D eigenvalue weighted by atomic mass is 10.2. The molecule has 1 unspecified atom stereocenters. The van der Waals surface area contributed by atoms with Crippen molar-refractivity contribution in [2.75, 3.05) is 10.6 Å². The molecule has 0 aliphatic heterocycles. The van der Waals surface area contributed by atoms with Gasteiger partial charge in [-0.05, 0) is 31.2 Å². The van der Waals surface area contributed by atoms with Crippen molar-refractivity contribution in [1.29, 1.82) is 0 Å². The van der Waals surface area contributed by atoms with Gasteiger partial charge in [0.2, 0.25) is 5.91 Å². The molecule has 26 heavy (non-hydrogen) atoms. The maximum Gasteiger partial charge on any atom is 0.338 e. The first kappa shape index (κ1) is 19.7. The predicted octanol–water partition coefficient (Wildman–Crippen LogP) is 3.53. The standard InChI is InChI=1S/C17H15Cl2N3O4/c1-9(16(24)22-15-14(19)7-12(18)8-20-15)26-17(25)11-4-3-5-13(6-11)21-10(2)23/h3-9H,1-2H3,(H,21,23)(H,20,22,24). The third-order valence-electron chi connectivity index (χ3n) is 3.12. The maximum absolute atomic E-state index is 12.2. The molecule has 1 aromatic heterocycles. The number of aromatic nitrogens is 1. The molecule has 9 heteroatoms. The molecule has 2 aromatic rings. The van der Waals surface area contributed by atoms with Gasteiger partial charge in [0.25, 0.3) is 5.91 Å². The molecule has 0 aliphatic carbocycles. The smallest absolute Gasteiger partial charge is 0.338 e. The molecule has 0 radical (unpaired) electrons. The Morgan fingerprint density at radius 3 is 2.54 bits per heavy atom. The quantitative estimate of drug-likeness (QED) is 0.754. The topological polar surface area (TPSA) is 97.4 Å². The maximum atomic E-state index is 12.2. The second kappa shape index (κ2) is 8.64. The number of hydrogen-bond acceptors (Lipinski definition) is 5. The molecule has 0 saturated heterocycles. The highest BCUT2D eigenvalue weighted by Gasteiger charge is 2.20. The first-order valence-electron chi connectivity index (χ1n) is 7.47. The molecule has 136 valence electrons. The lowest BCUT2D eigenvalue weighted by Crippen LogP contribution is -2.30. The molecule has 0 bridgehead atoms. The number of nitrogens with zero attached hydrogens (tertiary/aromatic N) is 1. The second-order valence-corrected chi connectivity index (χ2v) is 6.13. The zero-order chi connectivity index (χ0) is 19.3. The summed E-state index contributed by atoms with van der Waals surface area (Å²) in [7, 11) is 0. The van der Waals surface area contributed by atoms with Gasteiger partial charge < -0.3 is 15.4 Å². The number of pyridine rings is 1. The van der Waals surface area contributed by atoms with Gasteiger partial charge in [-0.3, -0.25) is 9.59 Å². The van der Waals surface area contributed by atoms with Crippen LogP contribution in [0.4, 0.5) is 11.5 Å². The van der Waals surface area contributed by atoms with Crippen molar-refractivity contribution in [3.63, 3.8) is 0 Å². The van der Waals surface area contributed by atoms with Gasteiger partial charge in [-0.25, -0.2) is 9.78 Å². The number of benzene rings is 1. The van der Waals surface area contributed by atoms with E-state index in [2.05, 4.69) is 15.6 Å². The van der Waals surface area contributed by atoms with Crippen molar-refractivity contribution in [2.45, 2.75) is 20.0 Å². The van der Waals surface area contributed by atoms with Crippen LogP contribution in [0.3, 0.4) is 0 Å². The number of amides is 2. The number of carbonyl (C=O) groups excluding carboxylic acids is 3. The van der Waals surface area contributed by atoms with Crippen LogP contribution in [-0.4, -0.2) is 28.9 Å². The number of hydrogen-bond donors (Lipinski definition) is 2. The summed E-state index contributed by atoms with van der Waals surface area (Å²) in [4.78, 5) is 39.3. The van der Waals surface area contributed by atoms with Gasteiger partial charge in [0, 0.05) is 18.8 Å². The Morgan fingerprint density at radius 1 is 1.15 bits per heavy atom. The van der Waals surface area contributed by atoms with E-state index < -0.39 is 18.0 Å². The fraction of sp³-hybridized carbons (Fsp3) is 0.176. The molecule has 1 aromatic carbocycles. The van der Waals surface area contributed by atoms with Gasteiger partial charge in [-0.2, -0.15) is 0 Å². The number of halogens is 2. The number of carbonyl (C=O) groups is 3. The summed E-state index contributed by atoms with van der Waals surface area (Å²) in [5.41, 5.74) is 0.639. The minimum atomic E-state index is -1.10. The summed E-state index contributed by atoms with van der Waals surface area (Å²) in [6.07, 6.45) is 0.230. The van der Waals surface area contributed by atoms with E-state index in [0.717, 1.165) is 0 Å². The van der Waals surface area contributed by atoms with E-state index in [1.165, 1.54) is 38.2 Å². The highest BCUT2D eigenvalue weighted by Crippen LogP contribution is 2.22. The lowest BCUT2D eigenvalue weighted by molar-refractivity contribution is -0.123. The molecular formula is C17H15Cl2N3O4. The van der Waals surface area contributed by atoms with E-state index in [9.17, 15) is 14.4 Å². The number of esters is 1. The molecule has 7 nitrogen and oxygen atoms in total. The number of nitrogens with one attached hydrogen (secondary N) is 2. The monoisotopic (exact) mass is 395 g/mol. The van der Waals surface area contributed by atoms with Gasteiger partial charge in [0.05, 0.1) is 15.6 Å². The van der Waals surface area contributed by atoms with E-state index in [0.29, 0.717) is 10.7 Å². The van der Waals surface area contributed by atoms with E-state index >= 15 is 0 Å². The van der Waals surface area contributed by atoms with Gasteiger partial charge in [0.15, 0.2) is 11.9 Å². The van der Waals surface area contributed by atoms with Gasteiger partial charge >= 0.3 is 5.97 Å². The van der Waals surface area contributed by atoms with Crippen molar-refractivity contribution in [1.82, 2.24) is 4.98 Å². The SMILES string of the molecule is CC(=O)Nc1cccc(C(=O)OC(C)C(=O)Nc2ncc(Cl)cc2Cl)c1.